The third-order valence-electron chi connectivity index (χ3n) is 3.33. The van der Waals surface area contributed by atoms with E-state index in [9.17, 15) is 9.59 Å². The van der Waals surface area contributed by atoms with Crippen molar-refractivity contribution < 1.29 is 14.3 Å². The minimum absolute atomic E-state index is 0.221. The summed E-state index contributed by atoms with van der Waals surface area (Å²) in [6, 6.07) is 16.1. The first-order valence-corrected chi connectivity index (χ1v) is 8.67. The lowest BCUT2D eigenvalue weighted by Gasteiger charge is -2.08. The van der Waals surface area contributed by atoms with Crippen LogP contribution in [0.3, 0.4) is 0 Å². The number of carbonyl (C=O) groups excluding carboxylic acids is 2. The fraction of sp³-hybridized carbons (Fsp3) is 0.200. The van der Waals surface area contributed by atoms with Crippen molar-refractivity contribution in [3.8, 4) is 5.88 Å². The van der Waals surface area contributed by atoms with Crippen molar-refractivity contribution in [3.05, 3.63) is 66.4 Å². The van der Waals surface area contributed by atoms with E-state index in [0.29, 0.717) is 12.1 Å². The SMILES string of the molecule is CC.O=C(COc1cnc2ccccc2n1)NC(=O)NCc1ccccc1. The molecule has 2 aromatic carbocycles. The number of hydrogen-bond donors (Lipinski definition) is 2. The van der Waals surface area contributed by atoms with Gasteiger partial charge in [0.1, 0.15) is 0 Å². The van der Waals surface area contributed by atoms with E-state index in [2.05, 4.69) is 20.6 Å². The molecule has 1 heterocycles. The zero-order chi connectivity index (χ0) is 19.5. The predicted octanol–water partition coefficient (Wildman–Crippen LogP) is 3.06. The highest BCUT2D eigenvalue weighted by molar-refractivity contribution is 5.94. The summed E-state index contributed by atoms with van der Waals surface area (Å²) in [5, 5.41) is 4.79. The maximum Gasteiger partial charge on any atom is 0.321 e. The Bertz CT molecular complexity index is 885. The van der Waals surface area contributed by atoms with Gasteiger partial charge in [0.2, 0.25) is 5.88 Å². The normalized spacial score (nSPS) is 9.70. The van der Waals surface area contributed by atoms with Crippen LogP contribution in [0.4, 0.5) is 4.79 Å². The Labute approximate surface area is 157 Å². The second kappa shape index (κ2) is 10.5. The highest BCUT2D eigenvalue weighted by atomic mass is 16.5. The molecule has 1 aromatic heterocycles. The summed E-state index contributed by atoms with van der Waals surface area (Å²) in [4.78, 5) is 31.9. The summed E-state index contributed by atoms with van der Waals surface area (Å²) in [5.41, 5.74) is 2.34. The van der Waals surface area contributed by atoms with Crippen molar-refractivity contribution >= 4 is 23.0 Å². The number of urea groups is 1. The maximum absolute atomic E-state index is 11.8. The van der Waals surface area contributed by atoms with Crippen molar-refractivity contribution in [2.45, 2.75) is 20.4 Å². The molecule has 0 aliphatic heterocycles. The highest BCUT2D eigenvalue weighted by Gasteiger charge is 2.09. The van der Waals surface area contributed by atoms with Gasteiger partial charge in [0.25, 0.3) is 5.91 Å². The fourth-order valence-corrected chi connectivity index (χ4v) is 2.13. The minimum Gasteiger partial charge on any atom is -0.466 e. The molecule has 0 bridgehead atoms. The van der Waals surface area contributed by atoms with Gasteiger partial charge in [-0.1, -0.05) is 56.3 Å². The van der Waals surface area contributed by atoms with Gasteiger partial charge in [0.05, 0.1) is 17.2 Å². The second-order valence-corrected chi connectivity index (χ2v) is 5.20. The largest absolute Gasteiger partial charge is 0.466 e. The van der Waals surface area contributed by atoms with Crippen molar-refractivity contribution in [2.24, 2.45) is 0 Å². The molecule has 0 saturated carbocycles. The van der Waals surface area contributed by atoms with E-state index in [1.165, 1.54) is 6.20 Å². The summed E-state index contributed by atoms with van der Waals surface area (Å²) in [5.74, 6) is -0.348. The molecule has 7 heteroatoms. The number of aromatic nitrogens is 2. The van der Waals surface area contributed by atoms with E-state index in [-0.39, 0.29) is 12.5 Å². The summed E-state index contributed by atoms with van der Waals surface area (Å²) >= 11 is 0. The molecular weight excluding hydrogens is 344 g/mol. The zero-order valence-electron chi connectivity index (χ0n) is 15.3. The predicted molar refractivity (Wildman–Crippen MR) is 103 cm³/mol. The lowest BCUT2D eigenvalue weighted by atomic mass is 10.2. The van der Waals surface area contributed by atoms with Crippen LogP contribution in [0.15, 0.2) is 60.8 Å². The molecule has 3 aromatic rings. The first-order chi connectivity index (χ1) is 13.2. The number of rotatable bonds is 5. The molecule has 3 rings (SSSR count). The number of hydrogen-bond acceptors (Lipinski definition) is 5. The average molecular weight is 366 g/mol. The maximum atomic E-state index is 11.8. The first kappa shape index (κ1) is 19.8. The van der Waals surface area contributed by atoms with Crippen molar-refractivity contribution in [1.82, 2.24) is 20.6 Å². The topological polar surface area (TPSA) is 93.2 Å². The van der Waals surface area contributed by atoms with Gasteiger partial charge in [0, 0.05) is 6.54 Å². The molecular formula is C20H22N4O3. The van der Waals surface area contributed by atoms with Crippen LogP contribution >= 0.6 is 0 Å². The molecule has 0 atom stereocenters. The lowest BCUT2D eigenvalue weighted by molar-refractivity contribution is -0.122. The smallest absolute Gasteiger partial charge is 0.321 e. The monoisotopic (exact) mass is 366 g/mol. The molecule has 3 amide bonds. The molecule has 7 nitrogen and oxygen atoms in total. The number of benzene rings is 2. The lowest BCUT2D eigenvalue weighted by Crippen LogP contribution is -2.41. The highest BCUT2D eigenvalue weighted by Crippen LogP contribution is 2.12. The third kappa shape index (κ3) is 6.39. The van der Waals surface area contributed by atoms with Gasteiger partial charge in [-0.25, -0.2) is 14.8 Å². The van der Waals surface area contributed by atoms with Crippen LogP contribution < -0.4 is 15.4 Å². The van der Waals surface area contributed by atoms with Crippen molar-refractivity contribution in [2.75, 3.05) is 6.61 Å². The number of para-hydroxylation sites is 2. The van der Waals surface area contributed by atoms with Crippen LogP contribution in [0.1, 0.15) is 19.4 Å². The number of nitrogens with one attached hydrogen (secondary N) is 2. The third-order valence-corrected chi connectivity index (χ3v) is 3.33. The van der Waals surface area contributed by atoms with Gasteiger partial charge in [-0.3, -0.25) is 10.1 Å². The summed E-state index contributed by atoms with van der Waals surface area (Å²) in [6.45, 7) is 4.00. The van der Waals surface area contributed by atoms with E-state index in [0.717, 1.165) is 11.1 Å². The summed E-state index contributed by atoms with van der Waals surface area (Å²) < 4.78 is 5.27. The van der Waals surface area contributed by atoms with Crippen LogP contribution in [0.5, 0.6) is 5.88 Å². The van der Waals surface area contributed by atoms with Crippen LogP contribution in [0, 0.1) is 0 Å². The number of nitrogens with zero attached hydrogens (tertiary/aromatic N) is 2. The standard InChI is InChI=1S/C18H16N4O3.C2H6/c23-16(22-18(24)20-10-13-6-2-1-3-7-13)12-25-17-11-19-14-8-4-5-9-15(14)21-17;1-2/h1-9,11H,10,12H2,(H2,20,22,23,24);1-2H3. The molecule has 0 aliphatic rings. The Morgan fingerprint density at radius 2 is 1.63 bits per heavy atom. The number of ether oxygens (including phenoxy) is 1. The average Bonchev–Trinajstić information content (AvgIpc) is 2.73. The second-order valence-electron chi connectivity index (χ2n) is 5.20. The number of fused-ring (bicyclic) bond motifs is 1. The van der Waals surface area contributed by atoms with Crippen LogP contribution in [-0.4, -0.2) is 28.5 Å². The van der Waals surface area contributed by atoms with Crippen LogP contribution in [-0.2, 0) is 11.3 Å². The number of carbonyl (C=O) groups is 2. The Hall–Kier alpha value is -3.48. The van der Waals surface area contributed by atoms with Crippen LogP contribution in [0.2, 0.25) is 0 Å². The van der Waals surface area contributed by atoms with Gasteiger partial charge in [0.15, 0.2) is 6.61 Å². The molecule has 27 heavy (non-hydrogen) atoms. The molecule has 0 spiro atoms. The van der Waals surface area contributed by atoms with Gasteiger partial charge < -0.3 is 10.1 Å². The Morgan fingerprint density at radius 1 is 0.963 bits per heavy atom. The van der Waals surface area contributed by atoms with Crippen molar-refractivity contribution in [1.29, 1.82) is 0 Å². The minimum atomic E-state index is -0.581. The van der Waals surface area contributed by atoms with Gasteiger partial charge in [-0.15, -0.1) is 0 Å². The van der Waals surface area contributed by atoms with E-state index in [1.54, 1.807) is 6.07 Å². The molecule has 0 unspecified atom stereocenters. The Balaban J connectivity index is 0.00000126. The van der Waals surface area contributed by atoms with E-state index < -0.39 is 11.9 Å². The van der Waals surface area contributed by atoms with E-state index in [1.807, 2.05) is 62.4 Å². The first-order valence-electron chi connectivity index (χ1n) is 8.67. The molecule has 2 N–H and O–H groups in total. The molecule has 140 valence electrons. The molecule has 0 radical (unpaired) electrons. The van der Waals surface area contributed by atoms with Crippen LogP contribution in [0.25, 0.3) is 11.0 Å². The molecule has 0 fully saturated rings. The number of imide groups is 1. The summed E-state index contributed by atoms with van der Waals surface area (Å²) in [6.07, 6.45) is 1.44. The quantitative estimate of drug-likeness (QED) is 0.724. The fourth-order valence-electron chi connectivity index (χ4n) is 2.13. The van der Waals surface area contributed by atoms with Gasteiger partial charge in [-0.2, -0.15) is 0 Å². The Morgan fingerprint density at radius 3 is 2.37 bits per heavy atom. The Kier molecular flexibility index (Phi) is 7.71. The zero-order valence-corrected chi connectivity index (χ0v) is 15.3. The molecule has 0 aliphatic carbocycles. The summed E-state index contributed by atoms with van der Waals surface area (Å²) in [7, 11) is 0. The van der Waals surface area contributed by atoms with Gasteiger partial charge >= 0.3 is 6.03 Å². The molecule has 0 saturated heterocycles. The van der Waals surface area contributed by atoms with Gasteiger partial charge in [-0.05, 0) is 17.7 Å². The van der Waals surface area contributed by atoms with E-state index in [4.69, 9.17) is 4.74 Å². The van der Waals surface area contributed by atoms with E-state index >= 15 is 0 Å². The number of amides is 3. The van der Waals surface area contributed by atoms with Crippen molar-refractivity contribution in [3.63, 3.8) is 0 Å².